The van der Waals surface area contributed by atoms with Gasteiger partial charge in [-0.3, -0.25) is 0 Å². The van der Waals surface area contributed by atoms with Gasteiger partial charge < -0.3 is 0 Å². The molecule has 0 saturated heterocycles. The van der Waals surface area contributed by atoms with E-state index in [0.717, 1.165) is 19.3 Å². The number of allylic oxidation sites excluding steroid dienone is 1. The zero-order valence-electron chi connectivity index (χ0n) is 29.2. The second-order valence-corrected chi connectivity index (χ2v) is 32.0. The average Bonchev–Trinajstić information content (AvgIpc) is 3.54. The van der Waals surface area contributed by atoms with Crippen LogP contribution < -0.4 is 13.6 Å². The molecule has 4 aromatic carbocycles. The van der Waals surface area contributed by atoms with Crippen molar-refractivity contribution in [3.8, 4) is 22.3 Å². The normalized spacial score (nSPS) is 16.5. The maximum atomic E-state index is 8.03. The summed E-state index contributed by atoms with van der Waals surface area (Å²) in [6.45, 7) is 21.0. The Kier molecular flexibility index (Phi) is 9.39. The van der Waals surface area contributed by atoms with E-state index >= 15 is 0 Å². The number of rotatable bonds is 7. The van der Waals surface area contributed by atoms with E-state index in [1.807, 2.05) is 0 Å². The number of hydrogen-bond acceptors (Lipinski definition) is 0. The van der Waals surface area contributed by atoms with E-state index in [4.69, 9.17) is 17.0 Å². The third-order valence-corrected chi connectivity index (χ3v) is 24.4. The molecule has 1 heterocycles. The van der Waals surface area contributed by atoms with Crippen LogP contribution in [-0.2, 0) is 35.1 Å². The summed E-state index contributed by atoms with van der Waals surface area (Å²) in [5, 5.41) is 3.02. The van der Waals surface area contributed by atoms with Crippen LogP contribution >= 0.6 is 17.0 Å². The molecule has 0 N–H and O–H groups in total. The molecule has 1 aliphatic carbocycles. The fourth-order valence-electron chi connectivity index (χ4n) is 7.71. The van der Waals surface area contributed by atoms with Crippen molar-refractivity contribution in [2.24, 2.45) is 5.92 Å². The first-order valence-corrected chi connectivity index (χ1v) is 27.6. The van der Waals surface area contributed by atoms with Gasteiger partial charge in [0.25, 0.3) is 0 Å². The SMILES string of the molecule is CCCc1ccc2c(c1-c1cc(C(C)(C)C)cc(C(C)(C)C)c1)C=C(CC(C)C)[CH]2[Zr]([Cl])([Cl])[c]1cccc2c1[SiH2]c1ccccc1-2. The van der Waals surface area contributed by atoms with Crippen molar-refractivity contribution in [1.82, 2.24) is 0 Å². The Hall–Kier alpha value is -1.70. The van der Waals surface area contributed by atoms with Crippen molar-refractivity contribution in [3.63, 3.8) is 0 Å². The van der Waals surface area contributed by atoms with Gasteiger partial charge in [0.05, 0.1) is 0 Å². The molecule has 0 aromatic heterocycles. The van der Waals surface area contributed by atoms with Crippen LogP contribution in [0.2, 0.25) is 0 Å². The summed E-state index contributed by atoms with van der Waals surface area (Å²) in [6.07, 6.45) is 5.71. The number of halogens is 2. The fourth-order valence-corrected chi connectivity index (χ4v) is 24.5. The second-order valence-electron chi connectivity index (χ2n) is 16.2. The molecule has 4 heteroatoms. The molecule has 0 bridgehead atoms. The number of fused-ring (bicyclic) bond motifs is 4. The molecule has 0 saturated carbocycles. The Balaban J connectivity index is 1.58. The average molecular weight is 745 g/mol. The topological polar surface area (TPSA) is 0 Å². The van der Waals surface area contributed by atoms with E-state index in [1.165, 1.54) is 69.3 Å². The summed E-state index contributed by atoms with van der Waals surface area (Å²) in [6, 6.07) is 27.9. The van der Waals surface area contributed by atoms with Crippen LogP contribution in [0.1, 0.15) is 107 Å². The van der Waals surface area contributed by atoms with Gasteiger partial charge in [0.15, 0.2) is 0 Å². The van der Waals surface area contributed by atoms with Gasteiger partial charge in [-0.2, -0.15) is 0 Å². The number of aryl methyl sites for hydroxylation is 1. The maximum absolute atomic E-state index is 8.03. The van der Waals surface area contributed by atoms with Gasteiger partial charge >= 0.3 is 295 Å². The van der Waals surface area contributed by atoms with Crippen molar-refractivity contribution in [3.05, 3.63) is 106 Å². The molecular weight excluding hydrogens is 695 g/mol. The van der Waals surface area contributed by atoms with E-state index < -0.39 is 27.4 Å². The Morgan fingerprint density at radius 2 is 1.46 bits per heavy atom. The van der Waals surface area contributed by atoms with E-state index in [1.54, 1.807) is 0 Å². The van der Waals surface area contributed by atoms with E-state index in [0.29, 0.717) is 5.92 Å². The zero-order valence-corrected chi connectivity index (χ0v) is 34.6. The molecule has 2 aliphatic rings. The molecule has 1 aliphatic heterocycles. The van der Waals surface area contributed by atoms with Crippen LogP contribution in [0.5, 0.6) is 0 Å². The van der Waals surface area contributed by atoms with Gasteiger partial charge in [-0.05, 0) is 0 Å². The third kappa shape index (κ3) is 6.27. The van der Waals surface area contributed by atoms with Gasteiger partial charge in [-0.15, -0.1) is 0 Å². The Bertz CT molecular complexity index is 1800. The van der Waals surface area contributed by atoms with Crippen molar-refractivity contribution in [2.75, 3.05) is 0 Å². The first-order valence-electron chi connectivity index (χ1n) is 17.2. The summed E-state index contributed by atoms with van der Waals surface area (Å²) in [7, 11) is 15.4. The molecule has 46 heavy (non-hydrogen) atoms. The summed E-state index contributed by atoms with van der Waals surface area (Å²) in [5.41, 5.74) is 14.0. The molecule has 1 atom stereocenters. The molecule has 4 aromatic rings. The standard InChI is InChI=1S/C30H41.C12H9Si.2ClH.Zr/c1-10-11-22-12-13-23-15-21(14-20(2)3)16-27(23)28(22)24-17-25(29(4,5)6)19-26(18-24)30(7,8)9;1-3-7-11-9(5-1)10-6-2-4-8-12(10)13-11;;;/h12-13,15-20H,10-11,14H2,1-9H3;1-7H,13H2;2*1H;/q;;;;+2/p-2. The predicted molar refractivity (Wildman–Crippen MR) is 204 cm³/mol. The minimum absolute atomic E-state index is 0.0487. The van der Waals surface area contributed by atoms with Crippen LogP contribution in [0, 0.1) is 5.92 Å². The molecule has 6 rings (SSSR count). The van der Waals surface area contributed by atoms with Crippen molar-refractivity contribution < 1.29 is 17.9 Å². The molecular formula is C42H50Cl2SiZr. The first kappa shape index (κ1) is 34.2. The predicted octanol–water partition coefficient (Wildman–Crippen LogP) is 10.3. The van der Waals surface area contributed by atoms with Crippen LogP contribution in [0.25, 0.3) is 28.3 Å². The first-order chi connectivity index (χ1) is 21.6. The monoisotopic (exact) mass is 742 g/mol. The quantitative estimate of drug-likeness (QED) is 0.146. The Labute approximate surface area is 292 Å². The minimum atomic E-state index is -4.06. The van der Waals surface area contributed by atoms with Crippen molar-refractivity contribution >= 4 is 46.3 Å². The summed E-state index contributed by atoms with van der Waals surface area (Å²) >= 11 is -4.06. The second kappa shape index (κ2) is 12.6. The van der Waals surface area contributed by atoms with Crippen LogP contribution in [0.15, 0.2) is 78.4 Å². The van der Waals surface area contributed by atoms with Gasteiger partial charge in [0.1, 0.15) is 0 Å². The molecule has 0 amide bonds. The fraction of sp³-hybridized carbons (Fsp3) is 0.381. The van der Waals surface area contributed by atoms with Gasteiger partial charge in [0.2, 0.25) is 0 Å². The number of benzene rings is 4. The summed E-state index contributed by atoms with van der Waals surface area (Å²) in [4.78, 5) is 0. The molecule has 0 radical (unpaired) electrons. The molecule has 0 nitrogen and oxygen atoms in total. The zero-order chi connectivity index (χ0) is 33.2. The van der Waals surface area contributed by atoms with Crippen LogP contribution in [-0.4, -0.2) is 9.52 Å². The van der Waals surface area contributed by atoms with E-state index in [2.05, 4.69) is 141 Å². The summed E-state index contributed by atoms with van der Waals surface area (Å²) in [5.74, 6) is 0.522. The van der Waals surface area contributed by atoms with E-state index in [9.17, 15) is 0 Å². The molecule has 0 spiro atoms. The van der Waals surface area contributed by atoms with Gasteiger partial charge in [-0.25, -0.2) is 0 Å². The van der Waals surface area contributed by atoms with Gasteiger partial charge in [-0.1, -0.05) is 0 Å². The van der Waals surface area contributed by atoms with Gasteiger partial charge in [0, 0.05) is 0 Å². The Morgan fingerprint density at radius 1 is 0.804 bits per heavy atom. The summed E-state index contributed by atoms with van der Waals surface area (Å²) < 4.78 is 1.41. The Morgan fingerprint density at radius 3 is 2.09 bits per heavy atom. The molecule has 0 fully saturated rings. The molecule has 240 valence electrons. The van der Waals surface area contributed by atoms with Crippen LogP contribution in [0.4, 0.5) is 0 Å². The number of hydrogen-bond donors (Lipinski definition) is 0. The van der Waals surface area contributed by atoms with Crippen molar-refractivity contribution in [2.45, 2.75) is 96.0 Å². The van der Waals surface area contributed by atoms with E-state index in [-0.39, 0.29) is 14.5 Å². The molecule has 1 unspecified atom stereocenters. The van der Waals surface area contributed by atoms with Crippen molar-refractivity contribution in [1.29, 1.82) is 0 Å². The third-order valence-electron chi connectivity index (χ3n) is 10.1. The van der Waals surface area contributed by atoms with Crippen LogP contribution in [0.3, 0.4) is 0 Å².